The summed E-state index contributed by atoms with van der Waals surface area (Å²) in [4.78, 5) is 30.6. The van der Waals surface area contributed by atoms with Crippen LogP contribution in [0.1, 0.15) is 150 Å². The van der Waals surface area contributed by atoms with Crippen molar-refractivity contribution in [2.24, 2.45) is 0 Å². The van der Waals surface area contributed by atoms with Crippen molar-refractivity contribution in [2.45, 2.75) is 187 Å². The summed E-state index contributed by atoms with van der Waals surface area (Å²) in [5.41, 5.74) is 62.9. The van der Waals surface area contributed by atoms with Crippen LogP contribution in [0.4, 0.5) is 0 Å². The minimum atomic E-state index is 0.731. The van der Waals surface area contributed by atoms with Crippen molar-refractivity contribution in [3.8, 4) is 119 Å². The van der Waals surface area contributed by atoms with Gasteiger partial charge in [-0.25, -0.2) is 29.9 Å². The monoisotopic (exact) mass is 1800 g/mol. The molecule has 0 N–H and O–H groups in total. The molecular formula is C129H123N9. The van der Waals surface area contributed by atoms with E-state index in [4.69, 9.17) is 29.9 Å². The molecule has 0 saturated carbocycles. The molecule has 0 aliphatic rings. The summed E-state index contributed by atoms with van der Waals surface area (Å²) in [6.07, 6.45) is 0. The van der Waals surface area contributed by atoms with E-state index in [1.165, 1.54) is 227 Å². The van der Waals surface area contributed by atoms with Crippen LogP contribution in [0.5, 0.6) is 0 Å². The summed E-state index contributed by atoms with van der Waals surface area (Å²) < 4.78 is 7.61. The summed E-state index contributed by atoms with van der Waals surface area (Å²) in [5.74, 6) is 2.20. The molecular weight excluding hydrogens is 1680 g/mol. The van der Waals surface area contributed by atoms with Crippen molar-refractivity contribution < 1.29 is 0 Å². The zero-order valence-corrected chi connectivity index (χ0v) is 85.3. The van der Waals surface area contributed by atoms with Gasteiger partial charge in [0.2, 0.25) is 0 Å². The molecule has 21 rings (SSSR count). The highest BCUT2D eigenvalue weighted by Gasteiger charge is 2.31. The molecule has 6 aromatic heterocycles. The van der Waals surface area contributed by atoms with Crippen LogP contribution < -0.4 is 0 Å². The highest BCUT2D eigenvalue weighted by molar-refractivity contribution is 6.18. The third kappa shape index (κ3) is 15.4. The van der Waals surface area contributed by atoms with Crippen molar-refractivity contribution in [2.75, 3.05) is 0 Å². The topological polar surface area (TPSA) is 92.1 Å². The molecule has 0 unspecified atom stereocenters. The second kappa shape index (κ2) is 36.2. The Kier molecular flexibility index (Phi) is 24.1. The zero-order chi connectivity index (χ0) is 97.3. The minimum absolute atomic E-state index is 0.731. The minimum Gasteiger partial charge on any atom is -0.309 e. The third-order valence-corrected chi connectivity index (χ3v) is 31.7. The van der Waals surface area contributed by atoms with Gasteiger partial charge in [0.15, 0.2) is 17.5 Å². The van der Waals surface area contributed by atoms with E-state index < -0.39 is 0 Å². The molecule has 0 aliphatic heterocycles. The predicted molar refractivity (Wildman–Crippen MR) is 586 cm³/mol. The summed E-state index contributed by atoms with van der Waals surface area (Å²) in [5, 5.41) is 8.30. The van der Waals surface area contributed by atoms with Gasteiger partial charge in [0.05, 0.1) is 67.3 Å². The molecule has 0 fully saturated rings. The van der Waals surface area contributed by atoms with Crippen LogP contribution in [0.15, 0.2) is 255 Å². The van der Waals surface area contributed by atoms with Crippen LogP contribution in [0.3, 0.4) is 0 Å². The fraction of sp³-hybridized carbons (Fsp3) is 0.209. The number of hydrogen-bond donors (Lipinski definition) is 0. The van der Waals surface area contributed by atoms with E-state index in [2.05, 4.69) is 407 Å². The van der Waals surface area contributed by atoms with Gasteiger partial charge in [0, 0.05) is 99.5 Å². The number of rotatable bonds is 12. The van der Waals surface area contributed by atoms with Gasteiger partial charge in [-0.05, 0) is 404 Å². The van der Waals surface area contributed by atoms with E-state index in [0.29, 0.717) is 0 Å². The van der Waals surface area contributed by atoms with E-state index in [-0.39, 0.29) is 0 Å². The average Bonchev–Trinajstić information content (AvgIpc) is 1.55. The lowest BCUT2D eigenvalue weighted by molar-refractivity contribution is 1.11. The molecule has 0 saturated heterocycles. The molecule has 0 spiro atoms. The Morgan fingerprint density at radius 1 is 0.152 bits per heavy atom. The summed E-state index contributed by atoms with van der Waals surface area (Å²) in [6.45, 7) is 61.4. The van der Waals surface area contributed by atoms with Gasteiger partial charge in [-0.15, -0.1) is 0 Å². The van der Waals surface area contributed by atoms with Crippen molar-refractivity contribution >= 4 is 65.4 Å². The Bertz CT molecular complexity index is 7820. The van der Waals surface area contributed by atoms with Crippen LogP contribution in [-0.4, -0.2) is 43.6 Å². The molecule has 21 aromatic rings. The quantitative estimate of drug-likeness (QED) is 0.121. The second-order valence-electron chi connectivity index (χ2n) is 38.9. The number of fused-ring (bicyclic) bond motifs is 9. The van der Waals surface area contributed by atoms with Crippen LogP contribution in [-0.2, 0) is 0 Å². The predicted octanol–water partition coefficient (Wildman–Crippen LogP) is 34.1. The normalized spacial score (nSPS) is 11.6. The summed E-state index contributed by atoms with van der Waals surface area (Å²) >= 11 is 0. The van der Waals surface area contributed by atoms with Gasteiger partial charge in [-0.3, -0.25) is 0 Å². The average molecular weight is 1800 g/mol. The SMILES string of the molecule is Cc1cc(-c2nc(-c3ccccc3)cc(-c3ccccc3)n2)ccc1-n1c2c(C)c(C)c(C)c(C)c2c2c(C)c(C)c(C)c(C)c21.Cc1cc(-n2c3c(C)c(C)c(C)c(C)c3c3c(C)c(C)c(C)c(C)c32)ccc1-c1cc(-c2ccccc2)nc(-c2ccccc2)n1.Cc1cc(-n2c3c(C)c(C)c(C)c(C)c3c3c(C)c(C)c(C)c(C)c32)ccc1-c1nc(-c2ccccc2)cc(-c2ccccc2)n1. The van der Waals surface area contributed by atoms with E-state index >= 15 is 0 Å². The van der Waals surface area contributed by atoms with Crippen molar-refractivity contribution in [1.82, 2.24) is 43.6 Å². The van der Waals surface area contributed by atoms with Gasteiger partial charge >= 0.3 is 0 Å². The fourth-order valence-corrected chi connectivity index (χ4v) is 21.7. The van der Waals surface area contributed by atoms with Crippen LogP contribution >= 0.6 is 0 Å². The molecule has 0 atom stereocenters. The first-order valence-corrected chi connectivity index (χ1v) is 48.6. The summed E-state index contributed by atoms with van der Waals surface area (Å²) in [6, 6.07) is 88.9. The first kappa shape index (κ1) is 92.0. The van der Waals surface area contributed by atoms with E-state index in [1.807, 2.05) is 48.5 Å². The molecule has 684 valence electrons. The number of hydrogen-bond acceptors (Lipinski definition) is 6. The molecule has 0 radical (unpaired) electrons. The number of benzene rings is 15. The number of aromatic nitrogens is 9. The molecule has 15 aromatic carbocycles. The second-order valence-corrected chi connectivity index (χ2v) is 38.9. The van der Waals surface area contributed by atoms with Gasteiger partial charge < -0.3 is 13.7 Å². The Labute approximate surface area is 814 Å². The molecule has 9 nitrogen and oxygen atoms in total. The van der Waals surface area contributed by atoms with Gasteiger partial charge in [-0.2, -0.15) is 0 Å². The van der Waals surface area contributed by atoms with Crippen molar-refractivity contribution in [3.63, 3.8) is 0 Å². The first-order valence-electron chi connectivity index (χ1n) is 48.6. The van der Waals surface area contributed by atoms with E-state index in [9.17, 15) is 0 Å². The van der Waals surface area contributed by atoms with Crippen LogP contribution in [0, 0.1) is 187 Å². The Morgan fingerprint density at radius 2 is 0.377 bits per heavy atom. The van der Waals surface area contributed by atoms with Crippen molar-refractivity contribution in [1.29, 1.82) is 0 Å². The zero-order valence-electron chi connectivity index (χ0n) is 85.3. The van der Waals surface area contributed by atoms with Crippen LogP contribution in [0.2, 0.25) is 0 Å². The maximum atomic E-state index is 5.13. The standard InChI is InChI=1S/3C43H41N3/c1-24-22-35(43-44-36(33-16-12-10-13-17-33)23-37(45-43)34-18-14-11-15-19-34)20-21-38(24)46-41-31(8)27(4)25(2)29(6)39(41)40-30(7)26(3)28(5)32(9)42(40)46;1-24-22-35(46-41-31(8)27(4)25(2)29(6)39(41)40-30(7)26(3)28(5)32(9)42(40)46)20-21-36(24)38-23-37(33-16-12-10-13-17-33)44-43(45-38)34-18-14-11-15-19-34;1-24-22-35(46-41-31(8)27(4)25(2)29(6)39(41)40-30(7)26(3)28(5)32(9)42(40)46)20-21-36(24)43-44-37(33-16-12-10-13-17-33)23-38(45-43)34-18-14-11-15-19-34/h3*10-23H,1-9H3. The molecule has 0 bridgehead atoms. The van der Waals surface area contributed by atoms with Crippen molar-refractivity contribution in [3.05, 3.63) is 405 Å². The lowest BCUT2D eigenvalue weighted by Gasteiger charge is -2.18. The Balaban J connectivity index is 0.000000132. The highest BCUT2D eigenvalue weighted by atomic mass is 15.0. The largest absolute Gasteiger partial charge is 0.309 e. The fourth-order valence-electron chi connectivity index (χ4n) is 21.7. The molecule has 0 amide bonds. The molecule has 9 heteroatoms. The maximum absolute atomic E-state index is 5.13. The number of nitrogens with zero attached hydrogens (tertiary/aromatic N) is 9. The molecule has 138 heavy (non-hydrogen) atoms. The highest BCUT2D eigenvalue weighted by Crippen LogP contribution is 2.50. The maximum Gasteiger partial charge on any atom is 0.160 e. The Hall–Kier alpha value is -15.1. The van der Waals surface area contributed by atoms with Gasteiger partial charge in [0.25, 0.3) is 0 Å². The lowest BCUT2D eigenvalue weighted by Crippen LogP contribution is -2.03. The summed E-state index contributed by atoms with van der Waals surface area (Å²) in [7, 11) is 0. The molecule has 6 heterocycles. The first-order chi connectivity index (χ1) is 66.2. The number of aryl methyl sites for hydroxylation is 15. The van der Waals surface area contributed by atoms with E-state index in [1.54, 1.807) is 0 Å². The Morgan fingerprint density at radius 3 is 0.645 bits per heavy atom. The van der Waals surface area contributed by atoms with E-state index in [0.717, 1.165) is 107 Å². The van der Waals surface area contributed by atoms with Crippen LogP contribution in [0.25, 0.3) is 184 Å². The van der Waals surface area contributed by atoms with Gasteiger partial charge in [0.1, 0.15) is 0 Å². The smallest absolute Gasteiger partial charge is 0.160 e. The third-order valence-electron chi connectivity index (χ3n) is 31.7. The lowest BCUT2D eigenvalue weighted by atomic mass is 9.90. The van der Waals surface area contributed by atoms with Gasteiger partial charge in [-0.1, -0.05) is 188 Å². The molecule has 0 aliphatic carbocycles.